The Morgan fingerprint density at radius 2 is 1.71 bits per heavy atom. The quantitative estimate of drug-likeness (QED) is 0.481. The summed E-state index contributed by atoms with van der Waals surface area (Å²) in [6.07, 6.45) is 1.22. The van der Waals surface area contributed by atoms with E-state index in [9.17, 15) is 14.4 Å². The Labute approximate surface area is 181 Å². The zero-order chi connectivity index (χ0) is 22.1. The van der Waals surface area contributed by atoms with Gasteiger partial charge in [-0.25, -0.2) is 0 Å². The van der Waals surface area contributed by atoms with Gasteiger partial charge in [-0.2, -0.15) is 0 Å². The second kappa shape index (κ2) is 8.94. The monoisotopic (exact) mass is 431 g/mol. The van der Waals surface area contributed by atoms with Crippen molar-refractivity contribution in [3.63, 3.8) is 0 Å². The summed E-state index contributed by atoms with van der Waals surface area (Å²) in [6, 6.07) is 5.63. The lowest BCUT2D eigenvalue weighted by Crippen LogP contribution is -2.52. The van der Waals surface area contributed by atoms with Gasteiger partial charge in [0.15, 0.2) is 0 Å². The standard InChI is InChI=1S/C22H29N3O6/c1-24-8-10-25(11-9-24)20(26)18-16-6-7-17(31-16)19(18)22(29)30-14-4-2-13(3-5-14)12-15(23)21(27)28/h2-5,15-19H,6-12,23H2,1H3,(H,27,28)/t15?,16-,17+,18-,19+/m0/s1. The Morgan fingerprint density at radius 3 is 2.32 bits per heavy atom. The average Bonchev–Trinajstić information content (AvgIpc) is 3.37. The van der Waals surface area contributed by atoms with Crippen molar-refractivity contribution in [1.29, 1.82) is 0 Å². The molecule has 9 nitrogen and oxygen atoms in total. The number of fused-ring (bicyclic) bond motifs is 2. The predicted octanol–water partition coefficient (Wildman–Crippen LogP) is 0.114. The Hall–Kier alpha value is -2.49. The van der Waals surface area contributed by atoms with Gasteiger partial charge in [-0.3, -0.25) is 14.4 Å². The number of nitrogens with two attached hydrogens (primary N) is 1. The van der Waals surface area contributed by atoms with E-state index in [0.29, 0.717) is 18.8 Å². The molecule has 1 unspecified atom stereocenters. The highest BCUT2D eigenvalue weighted by Crippen LogP contribution is 2.45. The zero-order valence-corrected chi connectivity index (χ0v) is 17.6. The van der Waals surface area contributed by atoms with Gasteiger partial charge in [0.05, 0.1) is 24.0 Å². The van der Waals surface area contributed by atoms with Crippen LogP contribution in [0.15, 0.2) is 24.3 Å². The van der Waals surface area contributed by atoms with E-state index in [2.05, 4.69) is 4.90 Å². The largest absolute Gasteiger partial charge is 0.480 e. The van der Waals surface area contributed by atoms with Gasteiger partial charge in [0.25, 0.3) is 0 Å². The Bertz CT molecular complexity index is 836. The summed E-state index contributed by atoms with van der Waals surface area (Å²) in [5, 5.41) is 8.93. The normalized spacial score (nSPS) is 29.0. The number of hydrogen-bond acceptors (Lipinski definition) is 7. The van der Waals surface area contributed by atoms with Gasteiger partial charge in [-0.15, -0.1) is 0 Å². The number of nitrogens with zero attached hydrogens (tertiary/aromatic N) is 2. The number of carboxylic acids is 1. The number of carboxylic acid groups (broad SMARTS) is 1. The number of carbonyl (C=O) groups excluding carboxylic acids is 2. The van der Waals surface area contributed by atoms with Gasteiger partial charge in [0.1, 0.15) is 11.8 Å². The number of hydrogen-bond donors (Lipinski definition) is 2. The van der Waals surface area contributed by atoms with Gasteiger partial charge in [0.2, 0.25) is 5.91 Å². The molecule has 5 atom stereocenters. The Morgan fingerprint density at radius 1 is 1.10 bits per heavy atom. The first-order chi connectivity index (χ1) is 14.8. The minimum Gasteiger partial charge on any atom is -0.480 e. The van der Waals surface area contributed by atoms with Crippen LogP contribution in [0.3, 0.4) is 0 Å². The molecule has 0 radical (unpaired) electrons. The molecule has 3 aliphatic rings. The van der Waals surface area contributed by atoms with Gasteiger partial charge < -0.3 is 30.1 Å². The number of esters is 1. The molecule has 3 saturated heterocycles. The maximum Gasteiger partial charge on any atom is 0.320 e. The van der Waals surface area contributed by atoms with E-state index < -0.39 is 29.8 Å². The molecule has 1 aromatic carbocycles. The number of amides is 1. The minimum atomic E-state index is -1.07. The molecule has 4 rings (SSSR count). The van der Waals surface area contributed by atoms with Crippen LogP contribution in [-0.4, -0.2) is 84.2 Å². The highest BCUT2D eigenvalue weighted by Gasteiger charge is 2.57. The summed E-state index contributed by atoms with van der Waals surface area (Å²) in [5.74, 6) is -2.28. The highest BCUT2D eigenvalue weighted by atomic mass is 16.5. The van der Waals surface area contributed by atoms with Crippen molar-refractivity contribution in [1.82, 2.24) is 9.80 Å². The number of rotatable bonds is 6. The van der Waals surface area contributed by atoms with Crippen molar-refractivity contribution in [2.75, 3.05) is 33.2 Å². The first-order valence-corrected chi connectivity index (χ1v) is 10.8. The third-order valence-electron chi connectivity index (χ3n) is 6.56. The summed E-state index contributed by atoms with van der Waals surface area (Å²) < 4.78 is 11.5. The van der Waals surface area contributed by atoms with Crippen LogP contribution in [0.25, 0.3) is 0 Å². The smallest absolute Gasteiger partial charge is 0.320 e. The number of likely N-dealkylation sites (N-methyl/N-ethyl adjacent to an activating group) is 1. The van der Waals surface area contributed by atoms with E-state index in [1.807, 2.05) is 11.9 Å². The molecular weight excluding hydrogens is 402 g/mol. The molecule has 0 saturated carbocycles. The van der Waals surface area contributed by atoms with E-state index in [-0.39, 0.29) is 24.5 Å². The Balaban J connectivity index is 1.42. The third-order valence-corrected chi connectivity index (χ3v) is 6.56. The van der Waals surface area contributed by atoms with Crippen molar-refractivity contribution < 1.29 is 29.0 Å². The number of piperazine rings is 1. The molecule has 31 heavy (non-hydrogen) atoms. The van der Waals surface area contributed by atoms with Crippen molar-refractivity contribution in [2.24, 2.45) is 17.6 Å². The van der Waals surface area contributed by atoms with Crippen LogP contribution < -0.4 is 10.5 Å². The SMILES string of the molecule is CN1CCN(C(=O)[C@@H]2[C@H](C(=O)Oc3ccc(CC(N)C(=O)O)cc3)[C@H]3CC[C@@H]2O3)CC1. The number of benzene rings is 1. The number of aliphatic carboxylic acids is 1. The lowest BCUT2D eigenvalue weighted by molar-refractivity contribution is -0.149. The topological polar surface area (TPSA) is 122 Å². The first-order valence-electron chi connectivity index (χ1n) is 10.8. The summed E-state index contributed by atoms with van der Waals surface area (Å²) in [7, 11) is 2.03. The fourth-order valence-corrected chi connectivity index (χ4v) is 4.75. The zero-order valence-electron chi connectivity index (χ0n) is 17.6. The second-order valence-corrected chi connectivity index (χ2v) is 8.68. The predicted molar refractivity (Wildman–Crippen MR) is 110 cm³/mol. The highest BCUT2D eigenvalue weighted by molar-refractivity contribution is 5.88. The lowest BCUT2D eigenvalue weighted by atomic mass is 9.78. The maximum absolute atomic E-state index is 13.2. The van der Waals surface area contributed by atoms with Crippen LogP contribution in [0.2, 0.25) is 0 Å². The van der Waals surface area contributed by atoms with Crippen LogP contribution in [0.1, 0.15) is 18.4 Å². The molecule has 3 aliphatic heterocycles. The maximum atomic E-state index is 13.2. The van der Waals surface area contributed by atoms with Crippen LogP contribution in [0.5, 0.6) is 5.75 Å². The van der Waals surface area contributed by atoms with Crippen molar-refractivity contribution in [3.05, 3.63) is 29.8 Å². The average molecular weight is 431 g/mol. The lowest BCUT2D eigenvalue weighted by Gasteiger charge is -2.36. The summed E-state index contributed by atoms with van der Waals surface area (Å²) >= 11 is 0. The van der Waals surface area contributed by atoms with Gasteiger partial charge in [0, 0.05) is 26.2 Å². The molecule has 9 heteroatoms. The second-order valence-electron chi connectivity index (χ2n) is 8.68. The van der Waals surface area contributed by atoms with Crippen LogP contribution in [0.4, 0.5) is 0 Å². The van der Waals surface area contributed by atoms with Gasteiger partial charge >= 0.3 is 11.9 Å². The van der Waals surface area contributed by atoms with E-state index in [4.69, 9.17) is 20.3 Å². The van der Waals surface area contributed by atoms with Gasteiger partial charge in [-0.1, -0.05) is 12.1 Å². The van der Waals surface area contributed by atoms with Crippen LogP contribution >= 0.6 is 0 Å². The molecule has 2 bridgehead atoms. The fraction of sp³-hybridized carbons (Fsp3) is 0.591. The summed E-state index contributed by atoms with van der Waals surface area (Å²) in [4.78, 5) is 41.2. The Kier molecular flexibility index (Phi) is 6.27. The van der Waals surface area contributed by atoms with E-state index in [1.165, 1.54) is 0 Å². The molecule has 1 aromatic rings. The number of carbonyl (C=O) groups is 3. The molecule has 3 N–H and O–H groups in total. The summed E-state index contributed by atoms with van der Waals surface area (Å²) in [5.41, 5.74) is 6.30. The van der Waals surface area contributed by atoms with Crippen LogP contribution in [0, 0.1) is 11.8 Å². The first kappa shape index (κ1) is 21.7. The molecule has 3 heterocycles. The number of ether oxygens (including phenoxy) is 2. The molecule has 168 valence electrons. The van der Waals surface area contributed by atoms with E-state index in [1.54, 1.807) is 24.3 Å². The van der Waals surface area contributed by atoms with Crippen molar-refractivity contribution in [3.8, 4) is 5.75 Å². The molecular formula is C22H29N3O6. The molecule has 0 aromatic heterocycles. The summed E-state index contributed by atoms with van der Waals surface area (Å²) in [6.45, 7) is 2.96. The van der Waals surface area contributed by atoms with Crippen molar-refractivity contribution >= 4 is 17.8 Å². The van der Waals surface area contributed by atoms with E-state index >= 15 is 0 Å². The fourth-order valence-electron chi connectivity index (χ4n) is 4.75. The molecule has 1 amide bonds. The van der Waals surface area contributed by atoms with Gasteiger partial charge in [-0.05, 0) is 44.0 Å². The third kappa shape index (κ3) is 4.58. The van der Waals surface area contributed by atoms with E-state index in [0.717, 1.165) is 31.5 Å². The van der Waals surface area contributed by atoms with Crippen molar-refractivity contribution in [2.45, 2.75) is 37.5 Å². The van der Waals surface area contributed by atoms with Crippen LogP contribution in [-0.2, 0) is 25.5 Å². The molecule has 3 fully saturated rings. The molecule has 0 spiro atoms. The molecule has 0 aliphatic carbocycles. The minimum absolute atomic E-state index is 0.0137.